The standard InChI is InChI=1S/C15H24N2O/c1-12(2)14(18)13-6-9-17(10-13)8-5-7-15(3,4)11-16/h6,9-10,12,14,18H,5,7-8H2,1-4H3. The minimum Gasteiger partial charge on any atom is -0.388 e. The van der Waals surface area contributed by atoms with E-state index in [4.69, 9.17) is 5.26 Å². The van der Waals surface area contributed by atoms with Crippen LogP contribution in [0, 0.1) is 22.7 Å². The number of hydrogen-bond acceptors (Lipinski definition) is 2. The summed E-state index contributed by atoms with van der Waals surface area (Å²) in [4.78, 5) is 0. The van der Waals surface area contributed by atoms with E-state index in [1.165, 1.54) is 0 Å². The lowest BCUT2D eigenvalue weighted by Gasteiger charge is -2.15. The molecule has 0 spiro atoms. The summed E-state index contributed by atoms with van der Waals surface area (Å²) in [5, 5.41) is 18.9. The fraction of sp³-hybridized carbons (Fsp3) is 0.667. The predicted molar refractivity (Wildman–Crippen MR) is 72.9 cm³/mol. The molecule has 1 rings (SSSR count). The molecule has 18 heavy (non-hydrogen) atoms. The van der Waals surface area contributed by atoms with Gasteiger partial charge in [0.2, 0.25) is 0 Å². The van der Waals surface area contributed by atoms with Crippen LogP contribution in [0.15, 0.2) is 18.5 Å². The molecule has 0 aromatic carbocycles. The molecule has 0 saturated heterocycles. The molecular weight excluding hydrogens is 224 g/mol. The van der Waals surface area contributed by atoms with Crippen LogP contribution < -0.4 is 0 Å². The van der Waals surface area contributed by atoms with E-state index < -0.39 is 0 Å². The number of aliphatic hydroxyl groups is 1. The Hall–Kier alpha value is -1.27. The van der Waals surface area contributed by atoms with Crippen molar-refractivity contribution in [3.05, 3.63) is 24.0 Å². The maximum atomic E-state index is 9.95. The Morgan fingerprint density at radius 1 is 1.44 bits per heavy atom. The van der Waals surface area contributed by atoms with Gasteiger partial charge in [0.1, 0.15) is 0 Å². The van der Waals surface area contributed by atoms with Crippen molar-refractivity contribution in [3.63, 3.8) is 0 Å². The lowest BCUT2D eigenvalue weighted by atomic mass is 9.90. The van der Waals surface area contributed by atoms with Crippen LogP contribution in [0.5, 0.6) is 0 Å². The van der Waals surface area contributed by atoms with Gasteiger partial charge in [-0.2, -0.15) is 5.26 Å². The Morgan fingerprint density at radius 3 is 2.67 bits per heavy atom. The van der Waals surface area contributed by atoms with Gasteiger partial charge in [0.25, 0.3) is 0 Å². The number of nitrogens with zero attached hydrogens (tertiary/aromatic N) is 2. The summed E-state index contributed by atoms with van der Waals surface area (Å²) in [5.74, 6) is 0.235. The zero-order valence-electron chi connectivity index (χ0n) is 11.8. The molecule has 100 valence electrons. The van der Waals surface area contributed by atoms with E-state index in [0.717, 1.165) is 24.9 Å². The van der Waals surface area contributed by atoms with Crippen molar-refractivity contribution < 1.29 is 5.11 Å². The van der Waals surface area contributed by atoms with Crippen molar-refractivity contribution in [2.24, 2.45) is 11.3 Å². The molecule has 0 amide bonds. The third kappa shape index (κ3) is 4.19. The first-order chi connectivity index (χ1) is 8.35. The summed E-state index contributed by atoms with van der Waals surface area (Å²) in [6, 6.07) is 4.29. The molecule has 1 aromatic rings. The third-order valence-corrected chi connectivity index (χ3v) is 3.27. The quantitative estimate of drug-likeness (QED) is 0.837. The summed E-state index contributed by atoms with van der Waals surface area (Å²) in [6.45, 7) is 8.86. The zero-order valence-corrected chi connectivity index (χ0v) is 11.8. The van der Waals surface area contributed by atoms with Crippen LogP contribution in [-0.4, -0.2) is 9.67 Å². The number of rotatable bonds is 6. The summed E-state index contributed by atoms with van der Waals surface area (Å²) < 4.78 is 2.09. The normalized spacial score (nSPS) is 13.6. The average molecular weight is 248 g/mol. The molecule has 1 unspecified atom stereocenters. The van der Waals surface area contributed by atoms with Gasteiger partial charge in [-0.3, -0.25) is 0 Å². The highest BCUT2D eigenvalue weighted by atomic mass is 16.3. The van der Waals surface area contributed by atoms with Gasteiger partial charge in [-0.1, -0.05) is 13.8 Å². The topological polar surface area (TPSA) is 49.0 Å². The predicted octanol–water partition coefficient (Wildman–Crippen LogP) is 3.51. The molecule has 0 radical (unpaired) electrons. The second-order valence-corrected chi connectivity index (χ2v) is 5.97. The van der Waals surface area contributed by atoms with E-state index >= 15 is 0 Å². The zero-order chi connectivity index (χ0) is 13.8. The Morgan fingerprint density at radius 2 is 2.11 bits per heavy atom. The molecule has 0 fully saturated rings. The van der Waals surface area contributed by atoms with E-state index in [1.54, 1.807) is 0 Å². The van der Waals surface area contributed by atoms with Crippen molar-refractivity contribution in [2.45, 2.75) is 53.2 Å². The molecule has 0 saturated carbocycles. The van der Waals surface area contributed by atoms with Gasteiger partial charge in [0.15, 0.2) is 0 Å². The van der Waals surface area contributed by atoms with Gasteiger partial charge in [-0.05, 0) is 44.2 Å². The molecule has 0 aliphatic carbocycles. The molecule has 3 heteroatoms. The maximum Gasteiger partial charge on any atom is 0.0827 e. The Bertz CT molecular complexity index is 412. The van der Waals surface area contributed by atoms with Crippen molar-refractivity contribution in [3.8, 4) is 6.07 Å². The monoisotopic (exact) mass is 248 g/mol. The van der Waals surface area contributed by atoms with Crippen LogP contribution >= 0.6 is 0 Å². The molecule has 0 bridgehead atoms. The first-order valence-electron chi connectivity index (χ1n) is 6.61. The fourth-order valence-corrected chi connectivity index (χ4v) is 1.92. The van der Waals surface area contributed by atoms with Gasteiger partial charge in [-0.25, -0.2) is 0 Å². The minimum absolute atomic E-state index is 0.235. The highest BCUT2D eigenvalue weighted by molar-refractivity contribution is 5.14. The first-order valence-corrected chi connectivity index (χ1v) is 6.61. The second-order valence-electron chi connectivity index (χ2n) is 5.97. The summed E-state index contributed by atoms with van der Waals surface area (Å²) in [7, 11) is 0. The Balaban J connectivity index is 2.48. The van der Waals surface area contributed by atoms with Crippen molar-refractivity contribution in [1.82, 2.24) is 4.57 Å². The largest absolute Gasteiger partial charge is 0.388 e. The van der Waals surface area contributed by atoms with Crippen molar-refractivity contribution in [1.29, 1.82) is 5.26 Å². The molecule has 0 aliphatic heterocycles. The van der Waals surface area contributed by atoms with E-state index in [9.17, 15) is 5.11 Å². The van der Waals surface area contributed by atoms with Gasteiger partial charge in [0.05, 0.1) is 17.6 Å². The lowest BCUT2D eigenvalue weighted by Crippen LogP contribution is -2.09. The average Bonchev–Trinajstić information content (AvgIpc) is 2.76. The molecule has 1 heterocycles. The SMILES string of the molecule is CC(C)C(O)c1ccn(CCCC(C)(C)C#N)c1. The molecule has 1 atom stereocenters. The lowest BCUT2D eigenvalue weighted by molar-refractivity contribution is 0.127. The summed E-state index contributed by atoms with van der Waals surface area (Å²) in [6.07, 6.45) is 5.49. The van der Waals surface area contributed by atoms with Gasteiger partial charge >= 0.3 is 0 Å². The van der Waals surface area contributed by atoms with E-state index in [1.807, 2.05) is 46.2 Å². The molecule has 3 nitrogen and oxygen atoms in total. The molecule has 0 aliphatic rings. The van der Waals surface area contributed by atoms with E-state index in [2.05, 4.69) is 10.6 Å². The van der Waals surface area contributed by atoms with Gasteiger partial charge < -0.3 is 9.67 Å². The molecular formula is C15H24N2O. The van der Waals surface area contributed by atoms with Crippen LogP contribution in [0.1, 0.15) is 52.2 Å². The Kier molecular flexibility index (Phi) is 4.98. The number of aromatic nitrogens is 1. The van der Waals surface area contributed by atoms with Crippen LogP contribution in [0.25, 0.3) is 0 Å². The fourth-order valence-electron chi connectivity index (χ4n) is 1.92. The number of aryl methyl sites for hydroxylation is 1. The van der Waals surface area contributed by atoms with Crippen molar-refractivity contribution >= 4 is 0 Å². The highest BCUT2D eigenvalue weighted by Gasteiger charge is 2.16. The van der Waals surface area contributed by atoms with Crippen LogP contribution in [0.3, 0.4) is 0 Å². The van der Waals surface area contributed by atoms with Crippen LogP contribution in [0.2, 0.25) is 0 Å². The third-order valence-electron chi connectivity index (χ3n) is 3.27. The van der Waals surface area contributed by atoms with Crippen LogP contribution in [0.4, 0.5) is 0 Å². The van der Waals surface area contributed by atoms with Crippen molar-refractivity contribution in [2.75, 3.05) is 0 Å². The second kappa shape index (κ2) is 6.06. The molecule has 1 N–H and O–H groups in total. The van der Waals surface area contributed by atoms with Gasteiger partial charge in [-0.15, -0.1) is 0 Å². The maximum absolute atomic E-state index is 9.95. The highest BCUT2D eigenvalue weighted by Crippen LogP contribution is 2.23. The Labute approximate surface area is 110 Å². The number of hydrogen-bond donors (Lipinski definition) is 1. The van der Waals surface area contributed by atoms with Gasteiger partial charge in [0, 0.05) is 18.9 Å². The summed E-state index contributed by atoms with van der Waals surface area (Å²) in [5.41, 5.74) is 0.734. The number of nitriles is 1. The smallest absolute Gasteiger partial charge is 0.0827 e. The number of aliphatic hydroxyl groups excluding tert-OH is 1. The minimum atomic E-state index is -0.387. The summed E-state index contributed by atoms with van der Waals surface area (Å²) >= 11 is 0. The first kappa shape index (κ1) is 14.8. The van der Waals surface area contributed by atoms with E-state index in [0.29, 0.717) is 0 Å². The molecule has 1 aromatic heterocycles. The van der Waals surface area contributed by atoms with Crippen LogP contribution in [-0.2, 0) is 6.54 Å². The van der Waals surface area contributed by atoms with E-state index in [-0.39, 0.29) is 17.4 Å².